The molecule has 1 aromatic carbocycles. The summed E-state index contributed by atoms with van der Waals surface area (Å²) in [4.78, 5) is 12.5. The molecule has 2 heterocycles. The van der Waals surface area contributed by atoms with Gasteiger partial charge in [0.15, 0.2) is 4.34 Å². The van der Waals surface area contributed by atoms with Crippen molar-refractivity contribution in [1.82, 2.24) is 14.5 Å². The number of sulfonamides is 1. The molecule has 1 fully saturated rings. The Kier molecular flexibility index (Phi) is 7.44. The fraction of sp³-hybridized carbons (Fsp3) is 0.500. The van der Waals surface area contributed by atoms with E-state index in [-0.39, 0.29) is 24.1 Å². The molecule has 1 saturated heterocycles. The van der Waals surface area contributed by atoms with Gasteiger partial charge in [0, 0.05) is 13.1 Å². The zero-order valence-electron chi connectivity index (χ0n) is 15.7. The van der Waals surface area contributed by atoms with Gasteiger partial charge in [-0.2, -0.15) is 0 Å². The maximum Gasteiger partial charge on any atom is 0.230 e. The van der Waals surface area contributed by atoms with Crippen LogP contribution in [-0.2, 0) is 21.2 Å². The zero-order chi connectivity index (χ0) is 20.0. The highest BCUT2D eigenvalue weighted by Crippen LogP contribution is 2.25. The van der Waals surface area contributed by atoms with Crippen LogP contribution < -0.4 is 5.32 Å². The van der Waals surface area contributed by atoms with E-state index < -0.39 is 10.0 Å². The third kappa shape index (κ3) is 5.76. The predicted molar refractivity (Wildman–Crippen MR) is 113 cm³/mol. The monoisotopic (exact) mass is 440 g/mol. The number of anilines is 1. The van der Waals surface area contributed by atoms with Crippen LogP contribution in [0.2, 0.25) is 0 Å². The minimum Gasteiger partial charge on any atom is -0.300 e. The van der Waals surface area contributed by atoms with Crippen molar-refractivity contribution in [1.29, 1.82) is 0 Å². The fourth-order valence-electron chi connectivity index (χ4n) is 3.19. The molecule has 1 N–H and O–H groups in total. The minimum atomic E-state index is -3.37. The van der Waals surface area contributed by atoms with Crippen LogP contribution in [0.3, 0.4) is 0 Å². The molecule has 10 heteroatoms. The molecule has 2 aromatic rings. The van der Waals surface area contributed by atoms with Gasteiger partial charge in [-0.3, -0.25) is 4.79 Å². The number of nitrogens with zero attached hydrogens (tertiary/aromatic N) is 3. The van der Waals surface area contributed by atoms with Crippen molar-refractivity contribution < 1.29 is 13.2 Å². The first-order valence-electron chi connectivity index (χ1n) is 9.18. The number of hydrogen-bond donors (Lipinski definition) is 1. The average molecular weight is 441 g/mol. The molecule has 0 spiro atoms. The maximum atomic E-state index is 12.7. The summed E-state index contributed by atoms with van der Waals surface area (Å²) in [6.45, 7) is 0.709. The number of thioether (sulfide) groups is 1. The lowest BCUT2D eigenvalue weighted by atomic mass is 9.99. The van der Waals surface area contributed by atoms with Crippen molar-refractivity contribution in [2.24, 2.45) is 5.92 Å². The summed E-state index contributed by atoms with van der Waals surface area (Å²) >= 11 is 2.79. The van der Waals surface area contributed by atoms with Gasteiger partial charge in [0.1, 0.15) is 0 Å². The molecule has 1 aromatic heterocycles. The lowest BCUT2D eigenvalue weighted by molar-refractivity contribution is -0.120. The lowest BCUT2D eigenvalue weighted by Gasteiger charge is -2.31. The minimum absolute atomic E-state index is 0.101. The maximum absolute atomic E-state index is 12.7. The van der Waals surface area contributed by atoms with E-state index in [0.717, 1.165) is 16.3 Å². The Hall–Kier alpha value is -1.49. The summed E-state index contributed by atoms with van der Waals surface area (Å²) in [7, 11) is -3.37. The number of aryl methyl sites for hydroxylation is 1. The van der Waals surface area contributed by atoms with E-state index in [1.54, 1.807) is 0 Å². The van der Waals surface area contributed by atoms with Crippen LogP contribution in [0.15, 0.2) is 34.7 Å². The quantitative estimate of drug-likeness (QED) is 0.501. The van der Waals surface area contributed by atoms with E-state index in [9.17, 15) is 13.2 Å². The van der Waals surface area contributed by atoms with E-state index in [0.29, 0.717) is 30.9 Å². The molecule has 0 bridgehead atoms. The van der Waals surface area contributed by atoms with Crippen LogP contribution in [-0.4, -0.2) is 53.9 Å². The lowest BCUT2D eigenvalue weighted by Crippen LogP contribution is -2.44. The Balaban J connectivity index is 1.53. The number of carbonyl (C=O) groups is 1. The van der Waals surface area contributed by atoms with Gasteiger partial charge >= 0.3 is 0 Å². The molecular formula is C18H24N4O3S3. The third-order valence-corrected chi connectivity index (χ3v) is 8.41. The molecule has 28 heavy (non-hydrogen) atoms. The number of benzene rings is 1. The van der Waals surface area contributed by atoms with Gasteiger partial charge in [-0.25, -0.2) is 12.7 Å². The first-order valence-corrected chi connectivity index (χ1v) is 12.8. The molecule has 152 valence electrons. The van der Waals surface area contributed by atoms with Crippen molar-refractivity contribution >= 4 is 44.2 Å². The van der Waals surface area contributed by atoms with Gasteiger partial charge in [-0.1, -0.05) is 53.4 Å². The predicted octanol–water partition coefficient (Wildman–Crippen LogP) is 2.87. The molecular weight excluding hydrogens is 416 g/mol. The van der Waals surface area contributed by atoms with E-state index >= 15 is 0 Å². The first-order chi connectivity index (χ1) is 13.5. The van der Waals surface area contributed by atoms with Crippen LogP contribution in [0.25, 0.3) is 0 Å². The third-order valence-electron chi connectivity index (χ3n) is 4.67. The molecule has 0 unspecified atom stereocenters. The zero-order valence-corrected chi connectivity index (χ0v) is 18.2. The number of carbonyl (C=O) groups excluding carboxylic acids is 1. The summed E-state index contributed by atoms with van der Waals surface area (Å²) in [5, 5.41) is 11.1. The molecule has 0 saturated carbocycles. The van der Waals surface area contributed by atoms with E-state index in [1.165, 1.54) is 27.4 Å². The Morgan fingerprint density at radius 3 is 2.82 bits per heavy atom. The fourth-order valence-corrected chi connectivity index (χ4v) is 5.95. The number of aromatic nitrogens is 2. The molecule has 3 rings (SSSR count). The molecule has 1 aliphatic heterocycles. The number of hydrogen-bond acceptors (Lipinski definition) is 7. The highest BCUT2D eigenvalue weighted by molar-refractivity contribution is 8.00. The van der Waals surface area contributed by atoms with Crippen LogP contribution in [0, 0.1) is 5.92 Å². The largest absolute Gasteiger partial charge is 0.300 e. The number of amides is 1. The second-order valence-corrected chi connectivity index (χ2v) is 10.8. The summed E-state index contributed by atoms with van der Waals surface area (Å²) < 4.78 is 27.7. The Labute approximate surface area is 174 Å². The molecule has 1 amide bonds. The molecule has 1 atom stereocenters. The molecule has 0 radical (unpaired) electrons. The van der Waals surface area contributed by atoms with Crippen molar-refractivity contribution in [2.45, 2.75) is 30.0 Å². The standard InChI is InChI=1S/C18H24N4O3S3/c1-26-18-21-20-17(27-18)19-16(23)15-10-5-11-22(13-15)28(24,25)12-6-9-14-7-3-2-4-8-14/h2-4,7-8,15H,5-6,9-13H2,1H3,(H,19,20,23)/t15-/m0/s1. The summed E-state index contributed by atoms with van der Waals surface area (Å²) in [5.41, 5.74) is 1.13. The highest BCUT2D eigenvalue weighted by atomic mass is 32.2. The second-order valence-electron chi connectivity index (χ2n) is 6.67. The second kappa shape index (κ2) is 9.82. The molecule has 7 nitrogen and oxygen atoms in total. The van der Waals surface area contributed by atoms with Gasteiger partial charge in [0.05, 0.1) is 11.7 Å². The number of piperidine rings is 1. The van der Waals surface area contributed by atoms with E-state index in [2.05, 4.69) is 15.5 Å². The summed E-state index contributed by atoms with van der Waals surface area (Å²) in [5.74, 6) is -0.448. The Morgan fingerprint density at radius 2 is 2.11 bits per heavy atom. The van der Waals surface area contributed by atoms with Crippen LogP contribution >= 0.6 is 23.1 Å². The van der Waals surface area contributed by atoms with Gasteiger partial charge < -0.3 is 5.32 Å². The van der Waals surface area contributed by atoms with Crippen molar-refractivity contribution in [2.75, 3.05) is 30.4 Å². The van der Waals surface area contributed by atoms with Gasteiger partial charge in [0.2, 0.25) is 21.1 Å². The van der Waals surface area contributed by atoms with Crippen LogP contribution in [0.4, 0.5) is 5.13 Å². The van der Waals surface area contributed by atoms with Crippen LogP contribution in [0.1, 0.15) is 24.8 Å². The smallest absolute Gasteiger partial charge is 0.230 e. The Bertz CT molecular complexity index is 886. The first kappa shape index (κ1) is 21.2. The average Bonchev–Trinajstić information content (AvgIpc) is 3.16. The van der Waals surface area contributed by atoms with Gasteiger partial charge in [0.25, 0.3) is 0 Å². The Morgan fingerprint density at radius 1 is 1.32 bits per heavy atom. The normalized spacial score (nSPS) is 18.1. The van der Waals surface area contributed by atoms with Crippen LogP contribution in [0.5, 0.6) is 0 Å². The topological polar surface area (TPSA) is 92.3 Å². The SMILES string of the molecule is CSc1nnc(NC(=O)[C@H]2CCCN(S(=O)(=O)CCCc3ccccc3)C2)s1. The number of nitrogens with one attached hydrogen (secondary N) is 1. The highest BCUT2D eigenvalue weighted by Gasteiger charge is 2.32. The van der Waals surface area contributed by atoms with E-state index in [1.807, 2.05) is 36.6 Å². The van der Waals surface area contributed by atoms with E-state index in [4.69, 9.17) is 0 Å². The number of rotatable bonds is 8. The van der Waals surface area contributed by atoms with Crippen molar-refractivity contribution in [3.63, 3.8) is 0 Å². The van der Waals surface area contributed by atoms with Gasteiger partial charge in [-0.05, 0) is 37.5 Å². The molecule has 0 aliphatic carbocycles. The van der Waals surface area contributed by atoms with Crippen molar-refractivity contribution in [3.05, 3.63) is 35.9 Å². The summed E-state index contributed by atoms with van der Waals surface area (Å²) in [6.07, 6.45) is 4.56. The molecule has 1 aliphatic rings. The van der Waals surface area contributed by atoms with Crippen molar-refractivity contribution in [3.8, 4) is 0 Å². The summed E-state index contributed by atoms with van der Waals surface area (Å²) in [6, 6.07) is 9.87. The van der Waals surface area contributed by atoms with Gasteiger partial charge in [-0.15, -0.1) is 10.2 Å².